The molecule has 8 nitrogen and oxygen atoms in total. The van der Waals surface area contributed by atoms with Gasteiger partial charge in [-0.15, -0.1) is 0 Å². The number of fused-ring (bicyclic) bond motifs is 1. The lowest BCUT2D eigenvalue weighted by molar-refractivity contribution is -0.130. The summed E-state index contributed by atoms with van der Waals surface area (Å²) in [5, 5.41) is 6.39. The second kappa shape index (κ2) is 7.67. The summed E-state index contributed by atoms with van der Waals surface area (Å²) in [7, 11) is 1.53. The van der Waals surface area contributed by atoms with Crippen LogP contribution in [0.5, 0.6) is 5.75 Å². The van der Waals surface area contributed by atoms with E-state index in [0.29, 0.717) is 17.0 Å². The monoisotopic (exact) mass is 392 g/mol. The number of nitrogens with one attached hydrogen (secondary N) is 3. The van der Waals surface area contributed by atoms with Gasteiger partial charge in [0.2, 0.25) is 5.91 Å². The van der Waals surface area contributed by atoms with Crippen molar-refractivity contribution in [3.8, 4) is 5.75 Å². The van der Waals surface area contributed by atoms with Crippen LogP contribution in [0.25, 0.3) is 10.9 Å². The molecule has 3 N–H and O–H groups in total. The number of hydrogen-bond donors (Lipinski definition) is 3. The summed E-state index contributed by atoms with van der Waals surface area (Å²) < 4.78 is 5.27. The van der Waals surface area contributed by atoms with Gasteiger partial charge < -0.3 is 20.4 Å². The molecule has 0 bridgehead atoms. The maximum atomic E-state index is 12.7. The van der Waals surface area contributed by atoms with Crippen molar-refractivity contribution in [2.45, 2.75) is 19.0 Å². The molecule has 8 heteroatoms. The van der Waals surface area contributed by atoms with E-state index in [1.807, 2.05) is 36.5 Å². The number of hydrogen-bond acceptors (Lipinski definition) is 4. The van der Waals surface area contributed by atoms with E-state index in [-0.39, 0.29) is 18.9 Å². The number of nitrogens with zero attached hydrogens (tertiary/aromatic N) is 1. The maximum Gasteiger partial charge on any atom is 0.325 e. The molecule has 4 rings (SSSR count). The van der Waals surface area contributed by atoms with Crippen LogP contribution in [0.1, 0.15) is 12.0 Å². The minimum Gasteiger partial charge on any atom is -0.496 e. The number of anilines is 1. The zero-order valence-corrected chi connectivity index (χ0v) is 15.8. The number of carbonyl (C=O) groups excluding carboxylic acids is 3. The number of aromatic amines is 1. The van der Waals surface area contributed by atoms with Crippen molar-refractivity contribution in [3.05, 3.63) is 60.3 Å². The Hall–Kier alpha value is -3.81. The number of urea groups is 1. The van der Waals surface area contributed by atoms with Crippen LogP contribution in [-0.2, 0) is 16.1 Å². The predicted octanol–water partition coefficient (Wildman–Crippen LogP) is 2.63. The van der Waals surface area contributed by atoms with E-state index in [2.05, 4.69) is 15.6 Å². The molecule has 4 amide bonds. The van der Waals surface area contributed by atoms with Gasteiger partial charge in [0.1, 0.15) is 11.8 Å². The van der Waals surface area contributed by atoms with Crippen LogP contribution < -0.4 is 15.4 Å². The van der Waals surface area contributed by atoms with Gasteiger partial charge in [-0.3, -0.25) is 14.5 Å². The molecule has 0 spiro atoms. The SMILES string of the molecule is COc1ccccc1CN1C(=O)N[C@H](CC(=O)Nc2ccc3cc[nH]c3c2)C1=O. The van der Waals surface area contributed by atoms with Crippen LogP contribution >= 0.6 is 0 Å². The Morgan fingerprint density at radius 3 is 2.83 bits per heavy atom. The minimum absolute atomic E-state index is 0.0797. The molecule has 1 aromatic heterocycles. The largest absolute Gasteiger partial charge is 0.496 e. The fraction of sp³-hybridized carbons (Fsp3) is 0.190. The summed E-state index contributed by atoms with van der Waals surface area (Å²) >= 11 is 0. The Bertz CT molecular complexity index is 1090. The van der Waals surface area contributed by atoms with Gasteiger partial charge in [-0.05, 0) is 29.7 Å². The third kappa shape index (κ3) is 3.77. The third-order valence-corrected chi connectivity index (χ3v) is 4.86. The summed E-state index contributed by atoms with van der Waals surface area (Å²) in [6, 6.07) is 13.2. The smallest absolute Gasteiger partial charge is 0.325 e. The molecule has 3 aromatic rings. The number of amides is 4. The van der Waals surface area contributed by atoms with E-state index in [4.69, 9.17) is 4.74 Å². The lowest BCUT2D eigenvalue weighted by Crippen LogP contribution is -2.34. The first kappa shape index (κ1) is 18.5. The first-order valence-electron chi connectivity index (χ1n) is 9.16. The van der Waals surface area contributed by atoms with E-state index in [1.165, 1.54) is 7.11 Å². The normalized spacial score (nSPS) is 16.2. The summed E-state index contributed by atoms with van der Waals surface area (Å²) in [6.07, 6.45) is 1.68. The van der Waals surface area contributed by atoms with Crippen LogP contribution in [0.4, 0.5) is 10.5 Å². The highest BCUT2D eigenvalue weighted by Gasteiger charge is 2.39. The van der Waals surface area contributed by atoms with E-state index in [1.54, 1.807) is 18.2 Å². The topological polar surface area (TPSA) is 104 Å². The highest BCUT2D eigenvalue weighted by Crippen LogP contribution is 2.22. The van der Waals surface area contributed by atoms with Gasteiger partial charge in [0.15, 0.2) is 0 Å². The van der Waals surface area contributed by atoms with E-state index < -0.39 is 18.0 Å². The van der Waals surface area contributed by atoms with Crippen molar-refractivity contribution in [1.29, 1.82) is 0 Å². The van der Waals surface area contributed by atoms with E-state index in [9.17, 15) is 14.4 Å². The molecule has 0 aliphatic carbocycles. The third-order valence-electron chi connectivity index (χ3n) is 4.86. The minimum atomic E-state index is -0.897. The predicted molar refractivity (Wildman–Crippen MR) is 107 cm³/mol. The van der Waals surface area contributed by atoms with Gasteiger partial charge >= 0.3 is 6.03 Å². The average molecular weight is 392 g/mol. The van der Waals surface area contributed by atoms with Crippen molar-refractivity contribution >= 4 is 34.4 Å². The van der Waals surface area contributed by atoms with Gasteiger partial charge in [-0.2, -0.15) is 0 Å². The van der Waals surface area contributed by atoms with Crippen molar-refractivity contribution in [3.63, 3.8) is 0 Å². The van der Waals surface area contributed by atoms with Crippen LogP contribution in [0.2, 0.25) is 0 Å². The number of H-pyrrole nitrogens is 1. The Morgan fingerprint density at radius 1 is 1.17 bits per heavy atom. The standard InChI is InChI=1S/C21H20N4O4/c1-29-18-5-3-2-4-14(18)12-25-20(27)17(24-21(25)28)11-19(26)23-15-7-6-13-8-9-22-16(13)10-15/h2-10,17,22H,11-12H2,1H3,(H,23,26)(H,24,28)/t17-/m1/s1. The van der Waals surface area contributed by atoms with Crippen LogP contribution in [0.15, 0.2) is 54.7 Å². The van der Waals surface area contributed by atoms with Crippen molar-refractivity contribution in [2.24, 2.45) is 0 Å². The lowest BCUT2D eigenvalue weighted by Gasteiger charge is -2.15. The van der Waals surface area contributed by atoms with Crippen LogP contribution in [0, 0.1) is 0 Å². The number of benzene rings is 2. The zero-order chi connectivity index (χ0) is 20.4. The number of methoxy groups -OCH3 is 1. The molecule has 1 aliphatic heterocycles. The van der Waals surface area contributed by atoms with Crippen LogP contribution in [-0.4, -0.2) is 40.9 Å². The molecule has 148 valence electrons. The summed E-state index contributed by atoms with van der Waals surface area (Å²) in [5.74, 6) is -0.196. The van der Waals surface area contributed by atoms with E-state index in [0.717, 1.165) is 15.8 Å². The van der Waals surface area contributed by atoms with Gasteiger partial charge in [0.25, 0.3) is 5.91 Å². The molecular formula is C21H20N4O4. The van der Waals surface area contributed by atoms with Gasteiger partial charge in [0.05, 0.1) is 20.1 Å². The molecular weight excluding hydrogens is 372 g/mol. The van der Waals surface area contributed by atoms with Gasteiger partial charge in [0, 0.05) is 23.0 Å². The molecule has 2 heterocycles. The number of imide groups is 1. The summed E-state index contributed by atoms with van der Waals surface area (Å²) in [6.45, 7) is 0.0797. The fourth-order valence-corrected chi connectivity index (χ4v) is 3.39. The molecule has 1 saturated heterocycles. The first-order valence-corrected chi connectivity index (χ1v) is 9.16. The molecule has 1 aliphatic rings. The lowest BCUT2D eigenvalue weighted by atomic mass is 10.1. The molecule has 29 heavy (non-hydrogen) atoms. The van der Waals surface area contributed by atoms with Gasteiger partial charge in [-0.25, -0.2) is 4.79 Å². The second-order valence-electron chi connectivity index (χ2n) is 6.77. The number of rotatable bonds is 6. The van der Waals surface area contributed by atoms with Crippen LogP contribution in [0.3, 0.4) is 0 Å². The molecule has 1 atom stereocenters. The Kier molecular flexibility index (Phi) is 4.90. The highest BCUT2D eigenvalue weighted by molar-refractivity contribution is 6.07. The highest BCUT2D eigenvalue weighted by atomic mass is 16.5. The van der Waals surface area contributed by atoms with Crippen molar-refractivity contribution in [2.75, 3.05) is 12.4 Å². The van der Waals surface area contributed by atoms with Gasteiger partial charge in [-0.1, -0.05) is 24.3 Å². The second-order valence-corrected chi connectivity index (χ2v) is 6.77. The van der Waals surface area contributed by atoms with Crippen molar-refractivity contribution in [1.82, 2.24) is 15.2 Å². The molecule has 2 aromatic carbocycles. The summed E-state index contributed by atoms with van der Waals surface area (Å²) in [4.78, 5) is 41.5. The fourth-order valence-electron chi connectivity index (χ4n) is 3.39. The number of carbonyl (C=O) groups is 3. The quantitative estimate of drug-likeness (QED) is 0.561. The maximum absolute atomic E-state index is 12.7. The molecule has 1 fully saturated rings. The summed E-state index contributed by atoms with van der Waals surface area (Å²) in [5.41, 5.74) is 2.23. The van der Waals surface area contributed by atoms with E-state index >= 15 is 0 Å². The number of aromatic nitrogens is 1. The molecule has 0 radical (unpaired) electrons. The Balaban J connectivity index is 1.41. The molecule has 0 unspecified atom stereocenters. The Labute approximate surface area is 166 Å². The average Bonchev–Trinajstić information content (AvgIpc) is 3.28. The first-order chi connectivity index (χ1) is 14.0. The zero-order valence-electron chi connectivity index (χ0n) is 15.8. The molecule has 0 saturated carbocycles. The Morgan fingerprint density at radius 2 is 2.00 bits per heavy atom. The number of para-hydroxylation sites is 1. The number of ether oxygens (including phenoxy) is 1. The van der Waals surface area contributed by atoms with Crippen molar-refractivity contribution < 1.29 is 19.1 Å².